The standard InChI is InChI=1S/C9H20N2O2/c1-7(2)13-6-5-11-9(12)8(3)10-4/h7-8,10H,5-6H2,1-4H3,(H,11,12). The van der Waals surface area contributed by atoms with Crippen LogP contribution in [0.1, 0.15) is 20.8 Å². The van der Waals surface area contributed by atoms with Crippen molar-refractivity contribution in [2.75, 3.05) is 20.2 Å². The molecule has 0 aliphatic heterocycles. The van der Waals surface area contributed by atoms with Crippen molar-refractivity contribution in [1.29, 1.82) is 0 Å². The summed E-state index contributed by atoms with van der Waals surface area (Å²) in [7, 11) is 1.76. The molecular weight excluding hydrogens is 168 g/mol. The summed E-state index contributed by atoms with van der Waals surface area (Å²) in [6, 6.07) is -0.140. The minimum Gasteiger partial charge on any atom is -0.377 e. The first-order valence-corrected chi connectivity index (χ1v) is 4.64. The third kappa shape index (κ3) is 6.54. The van der Waals surface area contributed by atoms with Crippen LogP contribution < -0.4 is 10.6 Å². The highest BCUT2D eigenvalue weighted by Crippen LogP contribution is 1.85. The fraction of sp³-hybridized carbons (Fsp3) is 0.889. The molecule has 1 atom stereocenters. The first kappa shape index (κ1) is 12.4. The molecule has 4 nitrogen and oxygen atoms in total. The molecular formula is C9H20N2O2. The van der Waals surface area contributed by atoms with Crippen LogP contribution >= 0.6 is 0 Å². The summed E-state index contributed by atoms with van der Waals surface area (Å²) in [6.45, 7) is 6.90. The van der Waals surface area contributed by atoms with E-state index in [4.69, 9.17) is 4.74 Å². The number of carbonyl (C=O) groups is 1. The third-order valence-corrected chi connectivity index (χ3v) is 1.68. The van der Waals surface area contributed by atoms with Crippen molar-refractivity contribution in [2.24, 2.45) is 0 Å². The van der Waals surface area contributed by atoms with Crippen LogP contribution in [0.5, 0.6) is 0 Å². The molecule has 2 N–H and O–H groups in total. The van der Waals surface area contributed by atoms with Gasteiger partial charge in [-0.1, -0.05) is 0 Å². The average Bonchev–Trinajstić information content (AvgIpc) is 2.10. The van der Waals surface area contributed by atoms with Crippen molar-refractivity contribution in [3.63, 3.8) is 0 Å². The highest BCUT2D eigenvalue weighted by atomic mass is 16.5. The molecule has 0 fully saturated rings. The molecule has 0 saturated carbocycles. The van der Waals surface area contributed by atoms with Crippen LogP contribution in [0.15, 0.2) is 0 Å². The summed E-state index contributed by atoms with van der Waals surface area (Å²) in [6.07, 6.45) is 0.221. The Labute approximate surface area is 80.0 Å². The Balaban J connectivity index is 3.37. The van der Waals surface area contributed by atoms with Gasteiger partial charge in [0, 0.05) is 6.54 Å². The van der Waals surface area contributed by atoms with Crippen molar-refractivity contribution >= 4 is 5.91 Å². The van der Waals surface area contributed by atoms with E-state index in [0.29, 0.717) is 13.2 Å². The lowest BCUT2D eigenvalue weighted by atomic mass is 10.3. The van der Waals surface area contributed by atoms with E-state index in [9.17, 15) is 4.79 Å². The SMILES string of the molecule is CNC(C)C(=O)NCCOC(C)C. The Morgan fingerprint density at radius 2 is 2.00 bits per heavy atom. The first-order chi connectivity index (χ1) is 6.07. The molecule has 0 radical (unpaired) electrons. The third-order valence-electron chi connectivity index (χ3n) is 1.68. The van der Waals surface area contributed by atoms with Gasteiger partial charge >= 0.3 is 0 Å². The highest BCUT2D eigenvalue weighted by Gasteiger charge is 2.08. The summed E-state index contributed by atoms with van der Waals surface area (Å²) < 4.78 is 5.27. The lowest BCUT2D eigenvalue weighted by Crippen LogP contribution is -2.41. The Morgan fingerprint density at radius 3 is 2.46 bits per heavy atom. The van der Waals surface area contributed by atoms with E-state index >= 15 is 0 Å². The molecule has 0 aliphatic carbocycles. The van der Waals surface area contributed by atoms with Crippen molar-refractivity contribution in [3.05, 3.63) is 0 Å². The smallest absolute Gasteiger partial charge is 0.236 e. The van der Waals surface area contributed by atoms with Crippen LogP contribution in [0.4, 0.5) is 0 Å². The zero-order chi connectivity index (χ0) is 10.3. The maximum Gasteiger partial charge on any atom is 0.236 e. The van der Waals surface area contributed by atoms with Crippen molar-refractivity contribution in [3.8, 4) is 0 Å². The largest absolute Gasteiger partial charge is 0.377 e. The fourth-order valence-electron chi connectivity index (χ4n) is 0.753. The van der Waals surface area contributed by atoms with Gasteiger partial charge in [-0.3, -0.25) is 4.79 Å². The van der Waals surface area contributed by atoms with Crippen LogP contribution in [0.25, 0.3) is 0 Å². The molecule has 1 unspecified atom stereocenters. The van der Waals surface area contributed by atoms with E-state index in [2.05, 4.69) is 10.6 Å². The van der Waals surface area contributed by atoms with Gasteiger partial charge in [-0.25, -0.2) is 0 Å². The number of ether oxygens (including phenoxy) is 1. The molecule has 0 aromatic carbocycles. The number of nitrogens with one attached hydrogen (secondary N) is 2. The van der Waals surface area contributed by atoms with Crippen LogP contribution in [-0.2, 0) is 9.53 Å². The van der Waals surface area contributed by atoms with E-state index in [0.717, 1.165) is 0 Å². The Kier molecular flexibility index (Phi) is 6.54. The van der Waals surface area contributed by atoms with Crippen LogP contribution in [0.3, 0.4) is 0 Å². The van der Waals surface area contributed by atoms with Crippen molar-refractivity contribution in [1.82, 2.24) is 10.6 Å². The second-order valence-electron chi connectivity index (χ2n) is 3.22. The number of carbonyl (C=O) groups excluding carboxylic acids is 1. The second kappa shape index (κ2) is 6.86. The quantitative estimate of drug-likeness (QED) is 0.583. The first-order valence-electron chi connectivity index (χ1n) is 4.64. The van der Waals surface area contributed by atoms with Gasteiger partial charge in [0.25, 0.3) is 0 Å². The average molecular weight is 188 g/mol. The van der Waals surface area contributed by atoms with E-state index in [1.807, 2.05) is 20.8 Å². The summed E-state index contributed by atoms with van der Waals surface area (Å²) in [5, 5.41) is 5.62. The summed E-state index contributed by atoms with van der Waals surface area (Å²) >= 11 is 0. The molecule has 0 aromatic rings. The molecule has 0 aliphatic rings. The van der Waals surface area contributed by atoms with Gasteiger partial charge in [0.15, 0.2) is 0 Å². The lowest BCUT2D eigenvalue weighted by Gasteiger charge is -2.12. The number of likely N-dealkylation sites (N-methyl/N-ethyl adjacent to an activating group) is 1. The molecule has 0 spiro atoms. The van der Waals surface area contributed by atoms with Gasteiger partial charge in [0.2, 0.25) is 5.91 Å². The normalized spacial score (nSPS) is 13.0. The van der Waals surface area contributed by atoms with Crippen molar-refractivity contribution in [2.45, 2.75) is 32.9 Å². The van der Waals surface area contributed by atoms with Gasteiger partial charge in [-0.15, -0.1) is 0 Å². The molecule has 0 rings (SSSR count). The molecule has 78 valence electrons. The molecule has 13 heavy (non-hydrogen) atoms. The molecule has 0 bridgehead atoms. The summed E-state index contributed by atoms with van der Waals surface area (Å²) in [4.78, 5) is 11.2. The summed E-state index contributed by atoms with van der Waals surface area (Å²) in [5.74, 6) is 0.00913. The van der Waals surface area contributed by atoms with Gasteiger partial charge in [-0.05, 0) is 27.8 Å². The predicted octanol–water partition coefficient (Wildman–Crippen LogP) is 0.135. The van der Waals surface area contributed by atoms with Gasteiger partial charge < -0.3 is 15.4 Å². The maximum atomic E-state index is 11.2. The number of hydrogen-bond donors (Lipinski definition) is 2. The Bertz CT molecular complexity index is 149. The van der Waals surface area contributed by atoms with Gasteiger partial charge in [-0.2, -0.15) is 0 Å². The van der Waals surface area contributed by atoms with E-state index in [1.165, 1.54) is 0 Å². The molecule has 0 aromatic heterocycles. The van der Waals surface area contributed by atoms with E-state index in [1.54, 1.807) is 7.05 Å². The van der Waals surface area contributed by atoms with Gasteiger partial charge in [0.1, 0.15) is 0 Å². The Hall–Kier alpha value is -0.610. The number of rotatable bonds is 6. The lowest BCUT2D eigenvalue weighted by molar-refractivity contribution is -0.122. The van der Waals surface area contributed by atoms with Crippen molar-refractivity contribution < 1.29 is 9.53 Å². The second-order valence-corrected chi connectivity index (χ2v) is 3.22. The monoisotopic (exact) mass is 188 g/mol. The molecule has 0 heterocycles. The zero-order valence-electron chi connectivity index (χ0n) is 8.89. The number of amides is 1. The molecule has 1 amide bonds. The van der Waals surface area contributed by atoms with E-state index < -0.39 is 0 Å². The molecule has 4 heteroatoms. The summed E-state index contributed by atoms with van der Waals surface area (Å²) in [5.41, 5.74) is 0. The van der Waals surface area contributed by atoms with E-state index in [-0.39, 0.29) is 18.1 Å². The van der Waals surface area contributed by atoms with Crippen LogP contribution in [0, 0.1) is 0 Å². The minimum absolute atomic E-state index is 0.00913. The predicted molar refractivity (Wildman–Crippen MR) is 52.6 cm³/mol. The highest BCUT2D eigenvalue weighted by molar-refractivity contribution is 5.81. The fourth-order valence-corrected chi connectivity index (χ4v) is 0.753. The van der Waals surface area contributed by atoms with Gasteiger partial charge in [0.05, 0.1) is 18.8 Å². The topological polar surface area (TPSA) is 50.4 Å². The maximum absolute atomic E-state index is 11.2. The molecule has 0 saturated heterocycles. The zero-order valence-corrected chi connectivity index (χ0v) is 8.89. The van der Waals surface area contributed by atoms with Crippen LogP contribution in [-0.4, -0.2) is 38.3 Å². The van der Waals surface area contributed by atoms with Crippen LogP contribution in [0.2, 0.25) is 0 Å². The number of hydrogen-bond acceptors (Lipinski definition) is 3. The Morgan fingerprint density at radius 1 is 1.38 bits per heavy atom. The minimum atomic E-state index is -0.140.